The van der Waals surface area contributed by atoms with Gasteiger partial charge in [0.25, 0.3) is 0 Å². The first kappa shape index (κ1) is 27.0. The van der Waals surface area contributed by atoms with Gasteiger partial charge in [0.15, 0.2) is 11.5 Å². The fourth-order valence-corrected chi connectivity index (χ4v) is 6.02. The molecule has 3 heterocycles. The number of hydrogen-bond donors (Lipinski definition) is 1. The molecule has 1 amide bonds. The first-order valence-electron chi connectivity index (χ1n) is 13.4. The lowest BCUT2D eigenvalue weighted by Gasteiger charge is -2.29. The first-order chi connectivity index (χ1) is 17.6. The van der Waals surface area contributed by atoms with Crippen molar-refractivity contribution >= 4 is 16.8 Å². The molecule has 1 saturated heterocycles. The van der Waals surface area contributed by atoms with E-state index in [0.29, 0.717) is 18.1 Å². The topological polar surface area (TPSA) is 89.3 Å². The van der Waals surface area contributed by atoms with Gasteiger partial charge in [0.1, 0.15) is 0 Å². The fraction of sp³-hybridized carbons (Fsp3) is 0.500. The summed E-state index contributed by atoms with van der Waals surface area (Å²) in [4.78, 5) is 21.4. The van der Waals surface area contributed by atoms with Crippen LogP contribution in [0.5, 0.6) is 11.5 Å². The third-order valence-electron chi connectivity index (χ3n) is 7.98. The molecule has 1 aromatic heterocycles. The van der Waals surface area contributed by atoms with Gasteiger partial charge in [-0.3, -0.25) is 4.79 Å². The van der Waals surface area contributed by atoms with Crippen LogP contribution in [0.15, 0.2) is 42.6 Å². The van der Waals surface area contributed by atoms with E-state index in [1.54, 1.807) is 14.2 Å². The van der Waals surface area contributed by atoms with Crippen molar-refractivity contribution in [3.8, 4) is 11.5 Å². The molecule has 2 aromatic carbocycles. The Kier molecular flexibility index (Phi) is 9.11. The van der Waals surface area contributed by atoms with Gasteiger partial charge in [-0.15, -0.1) is 0 Å². The van der Waals surface area contributed by atoms with Crippen LogP contribution in [-0.4, -0.2) is 73.1 Å². The molecule has 7 heteroatoms. The highest BCUT2D eigenvalue weighted by Gasteiger charge is 2.26. The quantitative estimate of drug-likeness (QED) is 0.499. The lowest BCUT2D eigenvalue weighted by molar-refractivity contribution is -0.130. The van der Waals surface area contributed by atoms with Crippen molar-refractivity contribution in [2.45, 2.75) is 44.9 Å². The zero-order chi connectivity index (χ0) is 24.9. The van der Waals surface area contributed by atoms with Gasteiger partial charge in [0, 0.05) is 36.7 Å². The van der Waals surface area contributed by atoms with Crippen LogP contribution in [0.3, 0.4) is 0 Å². The molecule has 2 aliphatic rings. The molecule has 0 radical (unpaired) electrons. The number of nitrogens with one attached hydrogen (secondary N) is 1. The highest BCUT2D eigenvalue weighted by molar-refractivity contribution is 5.83. The summed E-state index contributed by atoms with van der Waals surface area (Å²) in [6, 6.07) is 12.6. The summed E-state index contributed by atoms with van der Waals surface area (Å²) in [6.07, 6.45) is 9.45. The van der Waals surface area contributed by atoms with Crippen LogP contribution in [-0.2, 0) is 24.1 Å². The third kappa shape index (κ3) is 6.28. The number of para-hydroxylation sites is 1. The second kappa shape index (κ2) is 12.5. The number of H-pyrrole nitrogens is 1. The number of benzene rings is 2. The van der Waals surface area contributed by atoms with Gasteiger partial charge < -0.3 is 29.7 Å². The number of hydrogen-bond acceptors (Lipinski definition) is 4. The van der Waals surface area contributed by atoms with Crippen molar-refractivity contribution in [3.05, 3.63) is 59.3 Å². The van der Waals surface area contributed by atoms with E-state index in [-0.39, 0.29) is 11.4 Å². The average Bonchev–Trinajstić information content (AvgIpc) is 3.07. The van der Waals surface area contributed by atoms with Crippen LogP contribution < -0.4 is 9.47 Å². The molecule has 3 aromatic rings. The van der Waals surface area contributed by atoms with Crippen LogP contribution in [0.2, 0.25) is 0 Å². The van der Waals surface area contributed by atoms with Crippen molar-refractivity contribution in [2.24, 2.45) is 5.92 Å². The minimum absolute atomic E-state index is 0. The predicted octanol–water partition coefficient (Wildman–Crippen LogP) is 4.02. The molecular formula is C30H41N3O4. The van der Waals surface area contributed by atoms with E-state index in [0.717, 1.165) is 56.8 Å². The molecular weight excluding hydrogens is 466 g/mol. The monoisotopic (exact) mass is 507 g/mol. The van der Waals surface area contributed by atoms with Crippen molar-refractivity contribution in [2.75, 3.05) is 46.9 Å². The molecule has 1 fully saturated rings. The summed E-state index contributed by atoms with van der Waals surface area (Å²) in [5.74, 6) is 2.21. The molecule has 0 bridgehead atoms. The van der Waals surface area contributed by atoms with Crippen LogP contribution in [0.4, 0.5) is 0 Å². The van der Waals surface area contributed by atoms with Crippen LogP contribution >= 0.6 is 0 Å². The van der Waals surface area contributed by atoms with Crippen molar-refractivity contribution in [1.29, 1.82) is 0 Å². The third-order valence-corrected chi connectivity index (χ3v) is 7.98. The average molecular weight is 508 g/mol. The normalized spacial score (nSPS) is 18.6. The Morgan fingerprint density at radius 3 is 2.62 bits per heavy atom. The van der Waals surface area contributed by atoms with E-state index >= 15 is 0 Å². The van der Waals surface area contributed by atoms with Gasteiger partial charge in [-0.05, 0) is 86.0 Å². The number of aryl methyl sites for hydroxylation is 1. The maximum Gasteiger partial charge on any atom is 0.227 e. The summed E-state index contributed by atoms with van der Waals surface area (Å²) in [6.45, 7) is 5.02. The lowest BCUT2D eigenvalue weighted by Crippen LogP contribution is -2.40. The van der Waals surface area contributed by atoms with Crippen LogP contribution in [0.25, 0.3) is 10.9 Å². The summed E-state index contributed by atoms with van der Waals surface area (Å²) >= 11 is 0. The number of likely N-dealkylation sites (tertiary alicyclic amines) is 1. The van der Waals surface area contributed by atoms with Gasteiger partial charge >= 0.3 is 0 Å². The largest absolute Gasteiger partial charge is 0.493 e. The highest BCUT2D eigenvalue weighted by atomic mass is 16.5. The number of nitrogens with zero attached hydrogens (tertiary/aromatic N) is 2. The van der Waals surface area contributed by atoms with Crippen molar-refractivity contribution in [1.82, 2.24) is 14.8 Å². The molecule has 1 unspecified atom stereocenters. The van der Waals surface area contributed by atoms with Crippen LogP contribution in [0.1, 0.15) is 42.4 Å². The molecule has 1 atom stereocenters. The summed E-state index contributed by atoms with van der Waals surface area (Å²) in [5.41, 5.74) is 4.91. The van der Waals surface area contributed by atoms with E-state index in [4.69, 9.17) is 9.47 Å². The van der Waals surface area contributed by atoms with Gasteiger partial charge in [0.05, 0.1) is 20.6 Å². The van der Waals surface area contributed by atoms with E-state index in [1.165, 1.54) is 47.8 Å². The fourth-order valence-electron chi connectivity index (χ4n) is 6.02. The Morgan fingerprint density at radius 2 is 1.81 bits per heavy atom. The SMILES string of the molecule is COc1cc2c(cc1OC)CC(=O)N(CC1CCCCN(CCCc3c[nH]c4ccccc34)C1)CC2.O. The number of carbonyl (C=O) groups is 1. The number of rotatable bonds is 8. The first-order valence-corrected chi connectivity index (χ1v) is 13.4. The maximum absolute atomic E-state index is 13.2. The van der Waals surface area contributed by atoms with Crippen LogP contribution in [0, 0.1) is 5.92 Å². The molecule has 5 rings (SSSR count). The standard InChI is InChI=1S/C30H39N3O3.H2O/c1-35-28-16-23-12-15-33(30(34)18-25(23)17-29(28)36-2)21-22-8-5-6-13-32(20-22)14-7-9-24-19-31-27-11-4-3-10-26(24)27;/h3-4,10-11,16-17,19,22,31H,5-9,12-15,18,20-21H2,1-2H3;1H2. The van der Waals surface area contributed by atoms with E-state index in [2.05, 4.69) is 45.2 Å². The molecule has 0 saturated carbocycles. The lowest BCUT2D eigenvalue weighted by atomic mass is 10.0. The smallest absolute Gasteiger partial charge is 0.227 e. The number of methoxy groups -OCH3 is 2. The number of aromatic nitrogens is 1. The molecule has 0 aliphatic carbocycles. The zero-order valence-corrected chi connectivity index (χ0v) is 22.2. The number of carbonyl (C=O) groups excluding carboxylic acids is 1. The Balaban J connectivity index is 0.00000320. The van der Waals surface area contributed by atoms with E-state index in [9.17, 15) is 4.79 Å². The second-order valence-corrected chi connectivity index (χ2v) is 10.4. The summed E-state index contributed by atoms with van der Waals surface area (Å²) in [5, 5.41) is 1.35. The Labute approximate surface area is 220 Å². The van der Waals surface area contributed by atoms with Gasteiger partial charge in [-0.25, -0.2) is 0 Å². The predicted molar refractivity (Wildman–Crippen MR) is 148 cm³/mol. The molecule has 200 valence electrons. The second-order valence-electron chi connectivity index (χ2n) is 10.4. The van der Waals surface area contributed by atoms with Gasteiger partial charge in [0.2, 0.25) is 5.91 Å². The van der Waals surface area contributed by atoms with Gasteiger partial charge in [-0.1, -0.05) is 24.6 Å². The molecule has 7 nitrogen and oxygen atoms in total. The number of aromatic amines is 1. The number of ether oxygens (including phenoxy) is 2. The minimum atomic E-state index is 0. The highest BCUT2D eigenvalue weighted by Crippen LogP contribution is 2.33. The zero-order valence-electron chi connectivity index (χ0n) is 22.2. The van der Waals surface area contributed by atoms with Gasteiger partial charge in [-0.2, -0.15) is 0 Å². The Hall–Kier alpha value is -3.03. The van der Waals surface area contributed by atoms with E-state index < -0.39 is 0 Å². The van der Waals surface area contributed by atoms with Crippen molar-refractivity contribution < 1.29 is 19.7 Å². The summed E-state index contributed by atoms with van der Waals surface area (Å²) < 4.78 is 11.0. The number of fused-ring (bicyclic) bond motifs is 2. The Bertz CT molecular complexity index is 1190. The summed E-state index contributed by atoms with van der Waals surface area (Å²) in [7, 11) is 3.31. The maximum atomic E-state index is 13.2. The molecule has 37 heavy (non-hydrogen) atoms. The molecule has 0 spiro atoms. The Morgan fingerprint density at radius 1 is 1.03 bits per heavy atom. The minimum Gasteiger partial charge on any atom is -0.493 e. The van der Waals surface area contributed by atoms with E-state index in [1.807, 2.05) is 12.1 Å². The van der Waals surface area contributed by atoms with Crippen molar-refractivity contribution in [3.63, 3.8) is 0 Å². The number of amides is 1. The molecule has 3 N–H and O–H groups in total. The molecule has 2 aliphatic heterocycles.